The molecule has 1 aliphatic rings. The molecule has 0 N–H and O–H groups in total. The minimum atomic E-state index is -0.722. The van der Waals surface area contributed by atoms with E-state index in [1.165, 1.54) is 0 Å². The summed E-state index contributed by atoms with van der Waals surface area (Å²) in [6, 6.07) is 3.78. The van der Waals surface area contributed by atoms with Gasteiger partial charge in [0, 0.05) is 18.3 Å². The van der Waals surface area contributed by atoms with Crippen LogP contribution in [0.15, 0.2) is 18.3 Å². The minimum absolute atomic E-state index is 0.427. The number of halogens is 2. The first-order chi connectivity index (χ1) is 6.81. The fourth-order valence-electron chi connectivity index (χ4n) is 1.73. The number of aromatic nitrogens is 1. The summed E-state index contributed by atoms with van der Waals surface area (Å²) in [6.07, 6.45) is 1.59. The van der Waals surface area contributed by atoms with Crippen LogP contribution in [0.5, 0.6) is 0 Å². The van der Waals surface area contributed by atoms with Gasteiger partial charge in [0.1, 0.15) is 12.0 Å². The van der Waals surface area contributed by atoms with Crippen LogP contribution in [0.2, 0.25) is 0 Å². The van der Waals surface area contributed by atoms with Crippen LogP contribution >= 0.6 is 11.6 Å². The number of anilines is 1. The highest BCUT2D eigenvalue weighted by molar-refractivity contribution is 6.17. The topological polar surface area (TPSA) is 16.1 Å². The van der Waals surface area contributed by atoms with Crippen molar-refractivity contribution in [1.82, 2.24) is 4.98 Å². The van der Waals surface area contributed by atoms with Gasteiger partial charge in [0.05, 0.1) is 12.4 Å². The molecule has 2 rings (SSSR count). The van der Waals surface area contributed by atoms with Crippen LogP contribution in [0.3, 0.4) is 0 Å². The van der Waals surface area contributed by atoms with Gasteiger partial charge in [-0.25, -0.2) is 9.37 Å². The SMILES string of the molecule is FC1CCN(c2ncccc2CCl)C1. The van der Waals surface area contributed by atoms with Crippen LogP contribution < -0.4 is 4.90 Å². The van der Waals surface area contributed by atoms with Crippen molar-refractivity contribution in [2.45, 2.75) is 18.5 Å². The molecule has 1 aromatic rings. The highest BCUT2D eigenvalue weighted by atomic mass is 35.5. The third kappa shape index (κ3) is 1.82. The second kappa shape index (κ2) is 4.13. The van der Waals surface area contributed by atoms with Crippen LogP contribution in [-0.4, -0.2) is 24.2 Å². The van der Waals surface area contributed by atoms with Crippen LogP contribution in [0, 0.1) is 0 Å². The molecular formula is C10H12ClFN2. The summed E-state index contributed by atoms with van der Waals surface area (Å²) < 4.78 is 13.0. The second-order valence-corrected chi connectivity index (χ2v) is 3.72. The molecule has 0 amide bonds. The molecule has 4 heteroatoms. The lowest BCUT2D eigenvalue weighted by molar-refractivity contribution is 0.364. The van der Waals surface area contributed by atoms with Gasteiger partial charge in [0.25, 0.3) is 0 Å². The van der Waals surface area contributed by atoms with Crippen molar-refractivity contribution in [3.05, 3.63) is 23.9 Å². The Morgan fingerprint density at radius 3 is 3.14 bits per heavy atom. The minimum Gasteiger partial charge on any atom is -0.353 e. The lowest BCUT2D eigenvalue weighted by Gasteiger charge is -2.18. The number of nitrogens with zero attached hydrogens (tertiary/aromatic N) is 2. The molecule has 1 unspecified atom stereocenters. The maximum Gasteiger partial charge on any atom is 0.133 e. The van der Waals surface area contributed by atoms with Crippen molar-refractivity contribution < 1.29 is 4.39 Å². The number of rotatable bonds is 2. The Bertz CT molecular complexity index is 319. The molecule has 0 aliphatic carbocycles. The van der Waals surface area contributed by atoms with E-state index in [0.29, 0.717) is 18.8 Å². The van der Waals surface area contributed by atoms with Gasteiger partial charge in [-0.2, -0.15) is 0 Å². The van der Waals surface area contributed by atoms with Crippen molar-refractivity contribution in [2.24, 2.45) is 0 Å². The lowest BCUT2D eigenvalue weighted by atomic mass is 10.3. The Morgan fingerprint density at radius 1 is 1.64 bits per heavy atom. The van der Waals surface area contributed by atoms with Gasteiger partial charge in [-0.05, 0) is 12.5 Å². The molecule has 0 radical (unpaired) electrons. The number of hydrogen-bond donors (Lipinski definition) is 0. The zero-order valence-corrected chi connectivity index (χ0v) is 8.54. The first kappa shape index (κ1) is 9.71. The van der Waals surface area contributed by atoms with E-state index in [0.717, 1.165) is 17.9 Å². The Balaban J connectivity index is 2.22. The summed E-state index contributed by atoms with van der Waals surface area (Å²) in [5, 5.41) is 0. The van der Waals surface area contributed by atoms with E-state index < -0.39 is 6.17 Å². The molecule has 14 heavy (non-hydrogen) atoms. The standard InChI is InChI=1S/C10H12ClFN2/c11-6-8-2-1-4-13-10(8)14-5-3-9(12)7-14/h1-2,4,9H,3,5-7H2. The van der Waals surface area contributed by atoms with Gasteiger partial charge in [0.2, 0.25) is 0 Å². The van der Waals surface area contributed by atoms with Crippen molar-refractivity contribution in [3.8, 4) is 0 Å². The largest absolute Gasteiger partial charge is 0.353 e. The number of pyridine rings is 1. The lowest BCUT2D eigenvalue weighted by Crippen LogP contribution is -2.22. The predicted molar refractivity (Wildman–Crippen MR) is 55.5 cm³/mol. The van der Waals surface area contributed by atoms with E-state index in [4.69, 9.17) is 11.6 Å². The van der Waals surface area contributed by atoms with Gasteiger partial charge in [0.15, 0.2) is 0 Å². The highest BCUT2D eigenvalue weighted by Crippen LogP contribution is 2.24. The van der Waals surface area contributed by atoms with E-state index in [-0.39, 0.29) is 0 Å². The average molecular weight is 215 g/mol. The summed E-state index contributed by atoms with van der Waals surface area (Å²) in [7, 11) is 0. The first-order valence-electron chi connectivity index (χ1n) is 4.70. The van der Waals surface area contributed by atoms with Gasteiger partial charge >= 0.3 is 0 Å². The monoisotopic (exact) mass is 214 g/mol. The van der Waals surface area contributed by atoms with Gasteiger partial charge in [-0.3, -0.25) is 0 Å². The van der Waals surface area contributed by atoms with Crippen molar-refractivity contribution in [3.63, 3.8) is 0 Å². The van der Waals surface area contributed by atoms with E-state index in [9.17, 15) is 4.39 Å². The first-order valence-corrected chi connectivity index (χ1v) is 5.23. The smallest absolute Gasteiger partial charge is 0.133 e. The zero-order valence-electron chi connectivity index (χ0n) is 7.79. The van der Waals surface area contributed by atoms with Crippen molar-refractivity contribution in [2.75, 3.05) is 18.0 Å². The average Bonchev–Trinajstić information content (AvgIpc) is 2.65. The summed E-state index contributed by atoms with van der Waals surface area (Å²) in [6.45, 7) is 1.18. The van der Waals surface area contributed by atoms with Gasteiger partial charge in [-0.1, -0.05) is 6.07 Å². The quantitative estimate of drug-likeness (QED) is 0.703. The Labute approximate surface area is 87.7 Å². The molecule has 0 bridgehead atoms. The fraction of sp³-hybridized carbons (Fsp3) is 0.500. The van der Waals surface area contributed by atoms with Crippen molar-refractivity contribution >= 4 is 17.4 Å². The molecule has 2 nitrogen and oxygen atoms in total. The molecule has 1 saturated heterocycles. The molecule has 1 fully saturated rings. The molecule has 1 aliphatic heterocycles. The molecule has 0 spiro atoms. The highest BCUT2D eigenvalue weighted by Gasteiger charge is 2.24. The fourth-order valence-corrected chi connectivity index (χ4v) is 1.94. The second-order valence-electron chi connectivity index (χ2n) is 3.45. The predicted octanol–water partition coefficient (Wildman–Crippen LogP) is 2.37. The van der Waals surface area contributed by atoms with Gasteiger partial charge < -0.3 is 4.90 Å². The Kier molecular flexibility index (Phi) is 2.87. The molecule has 1 aromatic heterocycles. The summed E-state index contributed by atoms with van der Waals surface area (Å²) in [4.78, 5) is 6.20. The molecule has 76 valence electrons. The molecule has 0 aromatic carbocycles. The molecule has 2 heterocycles. The Morgan fingerprint density at radius 2 is 2.50 bits per heavy atom. The van der Waals surface area contributed by atoms with Crippen LogP contribution in [0.4, 0.5) is 10.2 Å². The maximum absolute atomic E-state index is 13.0. The van der Waals surface area contributed by atoms with E-state index in [1.807, 2.05) is 17.0 Å². The van der Waals surface area contributed by atoms with Crippen molar-refractivity contribution in [1.29, 1.82) is 0 Å². The van der Waals surface area contributed by atoms with Gasteiger partial charge in [-0.15, -0.1) is 11.6 Å². The maximum atomic E-state index is 13.0. The van der Waals surface area contributed by atoms with Crippen LogP contribution in [0.1, 0.15) is 12.0 Å². The van der Waals surface area contributed by atoms with E-state index in [1.54, 1.807) is 6.20 Å². The third-order valence-corrected chi connectivity index (χ3v) is 2.73. The summed E-state index contributed by atoms with van der Waals surface area (Å²) in [5.74, 6) is 1.26. The zero-order chi connectivity index (χ0) is 9.97. The Hall–Kier alpha value is -0.830. The number of alkyl halides is 2. The summed E-state index contributed by atoms with van der Waals surface area (Å²) >= 11 is 5.79. The van der Waals surface area contributed by atoms with Crippen LogP contribution in [-0.2, 0) is 5.88 Å². The van der Waals surface area contributed by atoms with E-state index >= 15 is 0 Å². The molecule has 0 saturated carbocycles. The normalized spacial score (nSPS) is 21.6. The summed E-state index contributed by atoms with van der Waals surface area (Å²) in [5.41, 5.74) is 0.975. The third-order valence-electron chi connectivity index (χ3n) is 2.44. The molecule has 1 atom stereocenters. The molecular weight excluding hydrogens is 203 g/mol. The van der Waals surface area contributed by atoms with Crippen LogP contribution in [0.25, 0.3) is 0 Å². The van der Waals surface area contributed by atoms with E-state index in [2.05, 4.69) is 4.98 Å². The number of hydrogen-bond acceptors (Lipinski definition) is 2.